The van der Waals surface area contributed by atoms with Crippen LogP contribution in [-0.4, -0.2) is 32.7 Å². The van der Waals surface area contributed by atoms with Crippen molar-refractivity contribution in [2.45, 2.75) is 32.1 Å². The average Bonchev–Trinajstić information content (AvgIpc) is 2.54. The molecule has 0 saturated heterocycles. The number of nitrogens with one attached hydrogen (secondary N) is 1. The molecule has 0 aliphatic carbocycles. The number of benzene rings is 1. The largest absolute Gasteiger partial charge is 0.469 e. The van der Waals surface area contributed by atoms with E-state index in [9.17, 15) is 9.59 Å². The van der Waals surface area contributed by atoms with Gasteiger partial charge in [-0.05, 0) is 30.9 Å². The van der Waals surface area contributed by atoms with Crippen LogP contribution in [0.15, 0.2) is 24.3 Å². The van der Waals surface area contributed by atoms with E-state index in [1.54, 1.807) is 0 Å². The number of esters is 2. The Morgan fingerprint density at radius 2 is 1.91 bits per heavy atom. The minimum Gasteiger partial charge on any atom is -0.469 e. The van der Waals surface area contributed by atoms with Gasteiger partial charge in [0.1, 0.15) is 0 Å². The maximum absolute atomic E-state index is 11.8. The molecule has 5 nitrogen and oxygen atoms in total. The molecule has 1 N–H and O–H groups in total. The van der Waals surface area contributed by atoms with E-state index in [0.29, 0.717) is 25.8 Å². The van der Waals surface area contributed by atoms with E-state index in [0.717, 1.165) is 18.5 Å². The van der Waals surface area contributed by atoms with Crippen molar-refractivity contribution in [3.63, 3.8) is 0 Å². The molecular weight excluding hydrogens is 282 g/mol. The molecule has 1 atom stereocenters. The second kappa shape index (κ2) is 7.29. The van der Waals surface area contributed by atoms with Crippen molar-refractivity contribution in [3.8, 4) is 0 Å². The first-order valence-electron chi connectivity index (χ1n) is 7.54. The predicted octanol–water partition coefficient (Wildman–Crippen LogP) is 2.55. The molecular formula is C17H23NO4. The summed E-state index contributed by atoms with van der Waals surface area (Å²) in [6.45, 7) is 0.709. The van der Waals surface area contributed by atoms with Crippen LogP contribution in [0.2, 0.25) is 0 Å². The molecule has 2 rings (SSSR count). The third kappa shape index (κ3) is 4.00. The summed E-state index contributed by atoms with van der Waals surface area (Å²) in [5.41, 5.74) is 2.11. The summed E-state index contributed by atoms with van der Waals surface area (Å²) in [7, 11) is 2.81. The molecule has 5 heteroatoms. The smallest absolute Gasteiger partial charge is 0.306 e. The highest BCUT2D eigenvalue weighted by Gasteiger charge is 2.36. The first-order valence-corrected chi connectivity index (χ1v) is 7.54. The number of carbonyl (C=O) groups is 2. The quantitative estimate of drug-likeness (QED) is 0.818. The SMILES string of the molecule is COC(=O)CCC[C@@]1(CC(=O)OC)CNc2ccccc2C1. The lowest BCUT2D eigenvalue weighted by atomic mass is 9.72. The molecule has 1 heterocycles. The Morgan fingerprint density at radius 1 is 1.18 bits per heavy atom. The van der Waals surface area contributed by atoms with Crippen LogP contribution in [-0.2, 0) is 25.5 Å². The van der Waals surface area contributed by atoms with E-state index in [1.807, 2.05) is 18.2 Å². The van der Waals surface area contributed by atoms with Gasteiger partial charge in [-0.2, -0.15) is 0 Å². The van der Waals surface area contributed by atoms with E-state index < -0.39 is 0 Å². The summed E-state index contributed by atoms with van der Waals surface area (Å²) in [4.78, 5) is 23.1. The molecule has 1 aliphatic rings. The topological polar surface area (TPSA) is 64.6 Å². The molecule has 0 saturated carbocycles. The minimum absolute atomic E-state index is 0.209. The lowest BCUT2D eigenvalue weighted by molar-refractivity contribution is -0.143. The third-order valence-electron chi connectivity index (χ3n) is 4.30. The van der Waals surface area contributed by atoms with Crippen LogP contribution in [0.4, 0.5) is 5.69 Å². The van der Waals surface area contributed by atoms with Crippen molar-refractivity contribution in [1.29, 1.82) is 0 Å². The summed E-state index contributed by atoms with van der Waals surface area (Å²) in [5, 5.41) is 3.41. The zero-order chi connectivity index (χ0) is 16.0. The third-order valence-corrected chi connectivity index (χ3v) is 4.30. The van der Waals surface area contributed by atoms with Gasteiger partial charge in [-0.3, -0.25) is 9.59 Å². The molecule has 0 fully saturated rings. The summed E-state index contributed by atoms with van der Waals surface area (Å²) in [5.74, 6) is -0.420. The van der Waals surface area contributed by atoms with Gasteiger partial charge in [0.2, 0.25) is 0 Å². The van der Waals surface area contributed by atoms with Crippen molar-refractivity contribution in [2.75, 3.05) is 26.1 Å². The summed E-state index contributed by atoms with van der Waals surface area (Å²) in [6.07, 6.45) is 3.02. The number of anilines is 1. The van der Waals surface area contributed by atoms with Gasteiger partial charge in [-0.1, -0.05) is 18.2 Å². The fourth-order valence-electron chi connectivity index (χ4n) is 3.07. The molecule has 0 radical (unpaired) electrons. The van der Waals surface area contributed by atoms with E-state index in [-0.39, 0.29) is 17.4 Å². The van der Waals surface area contributed by atoms with Crippen LogP contribution in [0.25, 0.3) is 0 Å². The van der Waals surface area contributed by atoms with Crippen LogP contribution >= 0.6 is 0 Å². The molecule has 22 heavy (non-hydrogen) atoms. The van der Waals surface area contributed by atoms with Crippen LogP contribution < -0.4 is 5.32 Å². The maximum atomic E-state index is 11.8. The number of para-hydroxylation sites is 1. The maximum Gasteiger partial charge on any atom is 0.306 e. The van der Waals surface area contributed by atoms with Gasteiger partial charge >= 0.3 is 11.9 Å². The Hall–Kier alpha value is -2.04. The van der Waals surface area contributed by atoms with Gasteiger partial charge in [0, 0.05) is 24.1 Å². The van der Waals surface area contributed by atoms with Gasteiger partial charge in [-0.25, -0.2) is 0 Å². The minimum atomic E-state index is -0.213. The summed E-state index contributed by atoms with van der Waals surface area (Å²) >= 11 is 0. The normalized spacial score (nSPS) is 19.7. The zero-order valence-corrected chi connectivity index (χ0v) is 13.2. The van der Waals surface area contributed by atoms with Crippen molar-refractivity contribution in [2.24, 2.45) is 5.41 Å². The van der Waals surface area contributed by atoms with Crippen molar-refractivity contribution in [1.82, 2.24) is 0 Å². The van der Waals surface area contributed by atoms with Crippen molar-refractivity contribution >= 4 is 17.6 Å². The highest BCUT2D eigenvalue weighted by Crippen LogP contribution is 2.39. The monoisotopic (exact) mass is 305 g/mol. The predicted molar refractivity (Wildman–Crippen MR) is 83.6 cm³/mol. The van der Waals surface area contributed by atoms with Crippen molar-refractivity contribution in [3.05, 3.63) is 29.8 Å². The standard InChI is InChI=1S/C17H23NO4/c1-21-15(19)8-5-9-17(11-16(20)22-2)10-13-6-3-4-7-14(13)18-12-17/h3-4,6-7,18H,5,8-12H2,1-2H3/t17-/m1/s1. The fourth-order valence-corrected chi connectivity index (χ4v) is 3.07. The lowest BCUT2D eigenvalue weighted by Gasteiger charge is -2.38. The Labute approximate surface area is 131 Å². The van der Waals surface area contributed by atoms with E-state index >= 15 is 0 Å². The summed E-state index contributed by atoms with van der Waals surface area (Å²) < 4.78 is 9.54. The van der Waals surface area contributed by atoms with Gasteiger partial charge in [0.15, 0.2) is 0 Å². The highest BCUT2D eigenvalue weighted by molar-refractivity contribution is 5.71. The molecule has 0 bridgehead atoms. The molecule has 0 amide bonds. The van der Waals surface area contributed by atoms with Crippen LogP contribution in [0.1, 0.15) is 31.2 Å². The Morgan fingerprint density at radius 3 is 2.64 bits per heavy atom. The second-order valence-electron chi connectivity index (χ2n) is 5.87. The van der Waals surface area contributed by atoms with E-state index in [4.69, 9.17) is 4.74 Å². The van der Waals surface area contributed by atoms with Crippen LogP contribution in [0.5, 0.6) is 0 Å². The Kier molecular flexibility index (Phi) is 5.41. The first-order chi connectivity index (χ1) is 10.6. The second-order valence-corrected chi connectivity index (χ2v) is 5.87. The highest BCUT2D eigenvalue weighted by atomic mass is 16.5. The number of hydrogen-bond donors (Lipinski definition) is 1. The Balaban J connectivity index is 2.10. The van der Waals surface area contributed by atoms with Crippen LogP contribution in [0, 0.1) is 5.41 Å². The average molecular weight is 305 g/mol. The number of carbonyl (C=O) groups excluding carboxylic acids is 2. The van der Waals surface area contributed by atoms with E-state index in [1.165, 1.54) is 19.8 Å². The number of fused-ring (bicyclic) bond motifs is 1. The first kappa shape index (κ1) is 16.3. The zero-order valence-electron chi connectivity index (χ0n) is 13.2. The molecule has 1 aromatic rings. The Bertz CT molecular complexity index is 543. The number of methoxy groups -OCH3 is 2. The number of rotatable bonds is 6. The molecule has 0 spiro atoms. The number of hydrogen-bond acceptors (Lipinski definition) is 5. The van der Waals surface area contributed by atoms with Gasteiger partial charge in [-0.15, -0.1) is 0 Å². The van der Waals surface area contributed by atoms with Gasteiger partial charge < -0.3 is 14.8 Å². The number of ether oxygens (including phenoxy) is 2. The van der Waals surface area contributed by atoms with Crippen molar-refractivity contribution < 1.29 is 19.1 Å². The molecule has 1 aliphatic heterocycles. The van der Waals surface area contributed by atoms with E-state index in [2.05, 4.69) is 16.1 Å². The molecule has 0 unspecified atom stereocenters. The molecule has 1 aromatic carbocycles. The molecule has 0 aromatic heterocycles. The molecule has 120 valence electrons. The summed E-state index contributed by atoms with van der Waals surface area (Å²) in [6, 6.07) is 8.12. The van der Waals surface area contributed by atoms with Gasteiger partial charge in [0.25, 0.3) is 0 Å². The van der Waals surface area contributed by atoms with Gasteiger partial charge in [0.05, 0.1) is 20.6 Å². The fraction of sp³-hybridized carbons (Fsp3) is 0.529. The lowest BCUT2D eigenvalue weighted by Crippen LogP contribution is -2.38. The van der Waals surface area contributed by atoms with Crippen LogP contribution in [0.3, 0.4) is 0 Å².